The highest BCUT2D eigenvalue weighted by Crippen LogP contribution is 2.32. The van der Waals surface area contributed by atoms with Crippen LogP contribution >= 0.6 is 23.4 Å². The van der Waals surface area contributed by atoms with Crippen molar-refractivity contribution in [3.8, 4) is 5.75 Å². The van der Waals surface area contributed by atoms with Gasteiger partial charge in [0.1, 0.15) is 17.7 Å². The van der Waals surface area contributed by atoms with Crippen LogP contribution in [0, 0.1) is 11.8 Å². The molecular weight excluding hydrogens is 535 g/mol. The second kappa shape index (κ2) is 13.8. The van der Waals surface area contributed by atoms with E-state index in [0.717, 1.165) is 77.4 Å². The predicted molar refractivity (Wildman–Crippen MR) is 159 cm³/mol. The number of carbonyl (C=O) groups is 1. The number of methoxy groups -OCH3 is 1. The first-order valence-electron chi connectivity index (χ1n) is 13.7. The average Bonchev–Trinajstić information content (AvgIpc) is 2.95. The first kappa shape index (κ1) is 29.6. The van der Waals surface area contributed by atoms with Gasteiger partial charge in [-0.1, -0.05) is 38.8 Å². The Morgan fingerprint density at radius 3 is 2.82 bits per heavy atom. The number of aromatic nitrogens is 2. The Balaban J connectivity index is 0.000000226. The summed E-state index contributed by atoms with van der Waals surface area (Å²) in [4.78, 5) is 23.1. The van der Waals surface area contributed by atoms with Crippen molar-refractivity contribution in [2.45, 2.75) is 57.5 Å². The number of likely N-dealkylation sites (tertiary alicyclic amines) is 1. The topological polar surface area (TPSA) is 67.3 Å². The monoisotopic (exact) mass is 572 g/mol. The summed E-state index contributed by atoms with van der Waals surface area (Å²) < 4.78 is 19.9. The molecule has 0 saturated carbocycles. The smallest absolute Gasteiger partial charge is 0.235 e. The number of thioether (sulfide) groups is 1. The van der Waals surface area contributed by atoms with Gasteiger partial charge >= 0.3 is 0 Å². The Morgan fingerprint density at radius 2 is 2.10 bits per heavy atom. The lowest BCUT2D eigenvalue weighted by Gasteiger charge is -2.37. The Hall–Kier alpha value is -2.42. The highest BCUT2D eigenvalue weighted by Gasteiger charge is 2.32. The number of ether oxygens (including phenoxy) is 1. The van der Waals surface area contributed by atoms with Gasteiger partial charge in [0.15, 0.2) is 0 Å². The predicted octanol–water partition coefficient (Wildman–Crippen LogP) is 6.83. The van der Waals surface area contributed by atoms with Crippen LogP contribution in [0.3, 0.4) is 0 Å². The van der Waals surface area contributed by atoms with Crippen LogP contribution in [0.1, 0.15) is 44.9 Å². The molecule has 1 aromatic carbocycles. The standard InChI is InChI=1S/C21H28ClFN2O.C9H10N2OS/c1-4-14(2)16-7-9-25(13-20(16)23)10-8-17-18-11-15(26-3)5-6-21(18)24-12-19(17)22;1-2-6-3-4-7-9(10-6)11-8(12)5-13-7/h5-6,11-12,14,16,20H,4,7-10,13H2,1-3H3;3-4H,2,5H2,1H3,(H,10,11,12)/t14-,16?,20?;/m1./s1. The zero-order valence-electron chi connectivity index (χ0n) is 23.2. The summed E-state index contributed by atoms with van der Waals surface area (Å²) in [5.74, 6) is 2.71. The minimum atomic E-state index is -0.733. The van der Waals surface area contributed by atoms with E-state index in [1.165, 1.54) is 0 Å². The van der Waals surface area contributed by atoms with Gasteiger partial charge in [0, 0.05) is 30.4 Å². The van der Waals surface area contributed by atoms with E-state index in [9.17, 15) is 9.18 Å². The van der Waals surface area contributed by atoms with Crippen LogP contribution in [0.25, 0.3) is 10.9 Å². The van der Waals surface area contributed by atoms with Crippen LogP contribution in [0.2, 0.25) is 5.02 Å². The molecule has 3 aromatic rings. The van der Waals surface area contributed by atoms with Gasteiger partial charge < -0.3 is 15.0 Å². The molecule has 0 radical (unpaired) electrons. The molecule has 39 heavy (non-hydrogen) atoms. The van der Waals surface area contributed by atoms with Gasteiger partial charge in [-0.05, 0) is 73.5 Å². The lowest BCUT2D eigenvalue weighted by atomic mass is 9.82. The molecule has 2 aliphatic rings. The lowest BCUT2D eigenvalue weighted by molar-refractivity contribution is -0.113. The molecule has 0 spiro atoms. The first-order chi connectivity index (χ1) is 18.8. The van der Waals surface area contributed by atoms with E-state index in [1.807, 2.05) is 37.3 Å². The highest BCUT2D eigenvalue weighted by molar-refractivity contribution is 8.00. The van der Waals surface area contributed by atoms with E-state index >= 15 is 0 Å². The number of hydrogen-bond acceptors (Lipinski definition) is 6. The molecular formula is C30H38ClFN4O2S. The number of fused-ring (bicyclic) bond motifs is 2. The maximum atomic E-state index is 14.6. The summed E-state index contributed by atoms with van der Waals surface area (Å²) in [7, 11) is 1.65. The number of amides is 1. The van der Waals surface area contributed by atoms with Crippen molar-refractivity contribution in [1.82, 2.24) is 14.9 Å². The largest absolute Gasteiger partial charge is 0.497 e. The number of rotatable bonds is 7. The second-order valence-corrected chi connectivity index (χ2v) is 11.6. The summed E-state index contributed by atoms with van der Waals surface area (Å²) in [6.45, 7) is 8.66. The van der Waals surface area contributed by atoms with Crippen molar-refractivity contribution in [2.24, 2.45) is 11.8 Å². The molecule has 2 unspecified atom stereocenters. The summed E-state index contributed by atoms with van der Waals surface area (Å²) in [5, 5.41) is 4.44. The van der Waals surface area contributed by atoms with Gasteiger partial charge in [0.05, 0.1) is 28.3 Å². The quantitative estimate of drug-likeness (QED) is 0.334. The maximum Gasteiger partial charge on any atom is 0.235 e. The number of carbonyl (C=O) groups excluding carboxylic acids is 1. The first-order valence-corrected chi connectivity index (χ1v) is 15.1. The molecule has 1 fully saturated rings. The van der Waals surface area contributed by atoms with Crippen LogP contribution in [-0.2, 0) is 17.6 Å². The van der Waals surface area contributed by atoms with E-state index in [2.05, 4.69) is 34.0 Å². The zero-order chi connectivity index (χ0) is 27.9. The molecule has 210 valence electrons. The molecule has 9 heteroatoms. The number of benzene rings is 1. The van der Waals surface area contributed by atoms with Crippen LogP contribution < -0.4 is 10.1 Å². The Kier molecular flexibility index (Phi) is 10.4. The average molecular weight is 573 g/mol. The number of anilines is 1. The lowest BCUT2D eigenvalue weighted by Crippen LogP contribution is -2.44. The SMILES string of the molecule is CC[C@@H](C)C1CCN(CCc2c(Cl)cnc3ccc(OC)cc23)CC1F.CCc1ccc2c(n1)NC(=O)CS2. The third-order valence-corrected chi connectivity index (χ3v) is 9.13. The van der Waals surface area contributed by atoms with Crippen LogP contribution in [0.15, 0.2) is 41.4 Å². The van der Waals surface area contributed by atoms with E-state index in [1.54, 1.807) is 25.1 Å². The fraction of sp³-hybridized carbons (Fsp3) is 0.500. The third kappa shape index (κ3) is 7.41. The molecule has 0 aliphatic carbocycles. The molecule has 5 rings (SSSR count). The number of aryl methyl sites for hydroxylation is 1. The van der Waals surface area contributed by atoms with Gasteiger partial charge in [-0.25, -0.2) is 9.37 Å². The zero-order valence-corrected chi connectivity index (χ0v) is 24.7. The van der Waals surface area contributed by atoms with Crippen molar-refractivity contribution < 1.29 is 13.9 Å². The number of alkyl halides is 1. The number of nitrogens with zero attached hydrogens (tertiary/aromatic N) is 3. The van der Waals surface area contributed by atoms with Crippen molar-refractivity contribution in [1.29, 1.82) is 0 Å². The minimum absolute atomic E-state index is 0.0400. The van der Waals surface area contributed by atoms with E-state index in [4.69, 9.17) is 16.3 Å². The molecule has 1 saturated heterocycles. The Labute approximate surface area is 240 Å². The maximum absolute atomic E-state index is 14.6. The number of hydrogen-bond donors (Lipinski definition) is 1. The molecule has 1 amide bonds. The number of nitrogens with one attached hydrogen (secondary N) is 1. The van der Waals surface area contributed by atoms with E-state index in [-0.39, 0.29) is 11.8 Å². The number of pyridine rings is 2. The molecule has 2 aliphatic heterocycles. The number of piperidine rings is 1. The molecule has 0 bridgehead atoms. The highest BCUT2D eigenvalue weighted by atomic mass is 35.5. The van der Waals surface area contributed by atoms with Gasteiger partial charge in [-0.2, -0.15) is 0 Å². The summed E-state index contributed by atoms with van der Waals surface area (Å²) >= 11 is 7.97. The van der Waals surface area contributed by atoms with Crippen molar-refractivity contribution in [3.63, 3.8) is 0 Å². The van der Waals surface area contributed by atoms with Crippen LogP contribution in [0.4, 0.5) is 10.2 Å². The van der Waals surface area contributed by atoms with Crippen molar-refractivity contribution in [3.05, 3.63) is 52.8 Å². The van der Waals surface area contributed by atoms with Crippen molar-refractivity contribution >= 4 is 46.0 Å². The fourth-order valence-electron chi connectivity index (χ4n) is 5.19. The van der Waals surface area contributed by atoms with Crippen LogP contribution in [-0.4, -0.2) is 59.4 Å². The van der Waals surface area contributed by atoms with Gasteiger partial charge in [-0.15, -0.1) is 11.8 Å². The molecule has 1 N–H and O–H groups in total. The van der Waals surface area contributed by atoms with Gasteiger partial charge in [0.2, 0.25) is 5.91 Å². The molecule has 4 heterocycles. The van der Waals surface area contributed by atoms with Gasteiger partial charge in [0.25, 0.3) is 0 Å². The minimum Gasteiger partial charge on any atom is -0.497 e. The van der Waals surface area contributed by atoms with E-state index in [0.29, 0.717) is 23.2 Å². The molecule has 6 nitrogen and oxygen atoms in total. The normalized spacial score (nSPS) is 20.0. The van der Waals surface area contributed by atoms with Crippen LogP contribution in [0.5, 0.6) is 5.75 Å². The fourth-order valence-corrected chi connectivity index (χ4v) is 6.19. The summed E-state index contributed by atoms with van der Waals surface area (Å²) in [6, 6.07) is 9.86. The molecule has 3 atom stereocenters. The van der Waals surface area contributed by atoms with Crippen molar-refractivity contribution in [2.75, 3.05) is 37.8 Å². The molecule has 2 aromatic heterocycles. The number of halogens is 2. The summed E-state index contributed by atoms with van der Waals surface area (Å²) in [6.07, 6.45) is 4.64. The summed E-state index contributed by atoms with van der Waals surface area (Å²) in [5.41, 5.74) is 2.99. The Bertz CT molecular complexity index is 1290. The van der Waals surface area contributed by atoms with Gasteiger partial charge in [-0.3, -0.25) is 9.78 Å². The third-order valence-electron chi connectivity index (χ3n) is 7.76. The Morgan fingerprint density at radius 1 is 1.28 bits per heavy atom. The van der Waals surface area contributed by atoms with E-state index < -0.39 is 6.17 Å². The second-order valence-electron chi connectivity index (χ2n) is 10.2.